The lowest BCUT2D eigenvalue weighted by Crippen LogP contribution is -2.47. The summed E-state index contributed by atoms with van der Waals surface area (Å²) in [5.41, 5.74) is 5.52. The standard InChI is InChI=1S/C50H56ClN7O9S/c1-50(2)14-12-36(43(29-50)34-6-8-37(51)9-7-34)31-55-16-18-56(19-17-55)38-10-11-41(46(26-38)67-39-25-35-13-15-52-48(35)53-30-39)49(60)54-68(63,64)40-27-44(58(61)62)42-24-33(32-66-45(42)28-40)4-3-5-47(59)57-20-22-65-23-21-57/h6-11,13,15,25-28,30,33H,3-5,12,14,16-24,29,31-32H2,1-2H3,(H,52,53)(H,54,60)/t33-/m0/s1. The second-order valence-corrected chi connectivity index (χ2v) is 21.1. The Hall–Kier alpha value is -6.01. The molecule has 1 atom stereocenters. The molecule has 0 saturated carbocycles. The van der Waals surface area contributed by atoms with Gasteiger partial charge in [-0.3, -0.25) is 24.6 Å². The maximum atomic E-state index is 14.1. The number of sulfonamides is 1. The van der Waals surface area contributed by atoms with Gasteiger partial charge < -0.3 is 29.0 Å². The van der Waals surface area contributed by atoms with Crippen LogP contribution in [0.5, 0.6) is 17.2 Å². The zero-order valence-corrected chi connectivity index (χ0v) is 39.9. The molecule has 0 bridgehead atoms. The molecule has 358 valence electrons. The lowest BCUT2D eigenvalue weighted by Gasteiger charge is -2.39. The van der Waals surface area contributed by atoms with Crippen molar-refractivity contribution in [1.82, 2.24) is 24.5 Å². The first-order valence-corrected chi connectivity index (χ1v) is 25.1. The van der Waals surface area contributed by atoms with Crippen LogP contribution in [0.2, 0.25) is 5.02 Å². The number of anilines is 1. The minimum absolute atomic E-state index is 0.0460. The van der Waals surface area contributed by atoms with Crippen LogP contribution in [0.25, 0.3) is 16.6 Å². The van der Waals surface area contributed by atoms with Crippen molar-refractivity contribution in [2.45, 2.75) is 63.7 Å². The summed E-state index contributed by atoms with van der Waals surface area (Å²) >= 11 is 6.25. The Bertz CT molecular complexity index is 2850. The smallest absolute Gasteiger partial charge is 0.277 e. The molecule has 1 aliphatic carbocycles. The minimum atomic E-state index is -4.67. The highest BCUT2D eigenvalue weighted by molar-refractivity contribution is 7.90. The molecular formula is C50H56ClN7O9S. The van der Waals surface area contributed by atoms with E-state index in [9.17, 15) is 28.1 Å². The normalized spacial score (nSPS) is 18.8. The maximum absolute atomic E-state index is 14.1. The fourth-order valence-electron chi connectivity index (χ4n) is 9.73. The van der Waals surface area contributed by atoms with E-state index < -0.39 is 31.4 Å². The average molecular weight is 967 g/mol. The number of amides is 2. The number of aromatic nitrogens is 2. The van der Waals surface area contributed by atoms with Gasteiger partial charge in [0, 0.05) is 92.7 Å². The summed E-state index contributed by atoms with van der Waals surface area (Å²) in [4.78, 5) is 52.0. The summed E-state index contributed by atoms with van der Waals surface area (Å²) in [6, 6.07) is 19.0. The van der Waals surface area contributed by atoms with Crippen LogP contribution >= 0.6 is 11.6 Å². The van der Waals surface area contributed by atoms with Gasteiger partial charge in [-0.05, 0) is 97.4 Å². The number of piperazine rings is 1. The number of rotatable bonds is 14. The van der Waals surface area contributed by atoms with Crippen molar-refractivity contribution < 1.29 is 37.1 Å². The highest BCUT2D eigenvalue weighted by atomic mass is 35.5. The first kappa shape index (κ1) is 47.1. The SMILES string of the molecule is CC1(C)CCC(CN2CCN(c3ccc(C(=O)NS(=O)(=O)c4cc5c(c([N+](=O)[O-])c4)C[C@H](CCCC(=O)N4CCOCC4)CO5)c(Oc4cnc5[nH]ccc5c4)c3)CC2)=C(c2ccc(Cl)cc2)C1. The lowest BCUT2D eigenvalue weighted by atomic mass is 9.72. The maximum Gasteiger partial charge on any atom is 0.277 e. The molecule has 9 rings (SSSR count). The fourth-order valence-corrected chi connectivity index (χ4v) is 10.9. The number of nitro benzene ring substituents is 1. The number of hydrogen-bond acceptors (Lipinski definition) is 12. The highest BCUT2D eigenvalue weighted by Crippen LogP contribution is 2.44. The van der Waals surface area contributed by atoms with Crippen LogP contribution in [0.1, 0.15) is 73.9 Å². The van der Waals surface area contributed by atoms with Gasteiger partial charge in [0.1, 0.15) is 22.9 Å². The second-order valence-electron chi connectivity index (χ2n) is 18.9. The number of fused-ring (bicyclic) bond motifs is 2. The van der Waals surface area contributed by atoms with Crippen LogP contribution in [-0.2, 0) is 26.0 Å². The lowest BCUT2D eigenvalue weighted by molar-refractivity contribution is -0.386. The summed E-state index contributed by atoms with van der Waals surface area (Å²) in [6.45, 7) is 10.9. The Morgan fingerprint density at radius 1 is 1.01 bits per heavy atom. The number of carbonyl (C=O) groups excluding carboxylic acids is 2. The topological polar surface area (TPSA) is 190 Å². The monoisotopic (exact) mass is 965 g/mol. The van der Waals surface area contributed by atoms with Crippen molar-refractivity contribution >= 4 is 61.4 Å². The molecule has 68 heavy (non-hydrogen) atoms. The quantitative estimate of drug-likeness (QED) is 0.0800. The van der Waals surface area contributed by atoms with Crippen molar-refractivity contribution in [2.75, 3.05) is 70.5 Å². The number of aromatic amines is 1. The number of hydrogen-bond donors (Lipinski definition) is 2. The van der Waals surface area contributed by atoms with Crippen LogP contribution in [0.15, 0.2) is 89.6 Å². The second kappa shape index (κ2) is 19.9. The Morgan fingerprint density at radius 2 is 1.79 bits per heavy atom. The largest absolute Gasteiger partial charge is 0.493 e. The van der Waals surface area contributed by atoms with Gasteiger partial charge in [-0.1, -0.05) is 43.2 Å². The molecule has 0 spiro atoms. The van der Waals surface area contributed by atoms with Gasteiger partial charge in [-0.15, -0.1) is 0 Å². The summed E-state index contributed by atoms with van der Waals surface area (Å²) in [5, 5.41) is 13.9. The van der Waals surface area contributed by atoms with Gasteiger partial charge in [0.2, 0.25) is 5.91 Å². The van der Waals surface area contributed by atoms with E-state index in [4.69, 9.17) is 25.8 Å². The average Bonchev–Trinajstić information content (AvgIpc) is 3.80. The van der Waals surface area contributed by atoms with Crippen molar-refractivity contribution in [2.24, 2.45) is 11.3 Å². The van der Waals surface area contributed by atoms with E-state index in [1.54, 1.807) is 29.3 Å². The number of H-pyrrole nitrogens is 1. The van der Waals surface area contributed by atoms with Gasteiger partial charge >= 0.3 is 0 Å². The first-order valence-electron chi connectivity index (χ1n) is 23.2. The van der Waals surface area contributed by atoms with Crippen molar-refractivity contribution in [3.63, 3.8) is 0 Å². The van der Waals surface area contributed by atoms with E-state index in [0.29, 0.717) is 70.1 Å². The molecule has 5 aromatic rings. The Kier molecular flexibility index (Phi) is 13.8. The third kappa shape index (κ3) is 10.8. The molecule has 3 aliphatic heterocycles. The Balaban J connectivity index is 0.907. The van der Waals surface area contributed by atoms with Gasteiger partial charge in [0.15, 0.2) is 0 Å². The molecule has 3 aromatic carbocycles. The zero-order valence-electron chi connectivity index (χ0n) is 38.3. The van der Waals surface area contributed by atoms with E-state index in [-0.39, 0.29) is 52.9 Å². The van der Waals surface area contributed by atoms with Gasteiger partial charge in [-0.25, -0.2) is 18.1 Å². The number of ether oxygens (including phenoxy) is 3. The number of carbonyl (C=O) groups is 2. The van der Waals surface area contributed by atoms with E-state index in [0.717, 1.165) is 61.1 Å². The van der Waals surface area contributed by atoms with Gasteiger partial charge in [-0.2, -0.15) is 0 Å². The Morgan fingerprint density at radius 3 is 2.56 bits per heavy atom. The molecule has 2 N–H and O–H groups in total. The van der Waals surface area contributed by atoms with E-state index in [1.807, 2.05) is 18.2 Å². The van der Waals surface area contributed by atoms with E-state index >= 15 is 0 Å². The van der Waals surface area contributed by atoms with Crippen molar-refractivity contribution in [3.8, 4) is 17.2 Å². The van der Waals surface area contributed by atoms with Gasteiger partial charge in [0.05, 0.1) is 47.0 Å². The van der Waals surface area contributed by atoms with Gasteiger partial charge in [0.25, 0.3) is 21.6 Å². The number of halogens is 1. The summed E-state index contributed by atoms with van der Waals surface area (Å²) in [5.74, 6) is -0.546. The summed E-state index contributed by atoms with van der Waals surface area (Å²) < 4.78 is 47.7. The van der Waals surface area contributed by atoms with E-state index in [1.165, 1.54) is 35.0 Å². The number of pyridine rings is 1. The van der Waals surface area contributed by atoms with Crippen molar-refractivity contribution in [3.05, 3.63) is 117 Å². The van der Waals surface area contributed by atoms with Crippen LogP contribution in [0, 0.1) is 21.4 Å². The van der Waals surface area contributed by atoms with E-state index in [2.05, 4.69) is 50.5 Å². The molecule has 18 heteroatoms. The van der Waals surface area contributed by atoms with Crippen LogP contribution < -0.4 is 19.1 Å². The molecule has 2 amide bonds. The minimum Gasteiger partial charge on any atom is -0.493 e. The number of benzene rings is 3. The molecule has 2 fully saturated rings. The Labute approximate surface area is 400 Å². The molecular weight excluding hydrogens is 910 g/mol. The molecule has 0 radical (unpaired) electrons. The molecule has 16 nitrogen and oxygen atoms in total. The van der Waals surface area contributed by atoms with Crippen molar-refractivity contribution in [1.29, 1.82) is 0 Å². The molecule has 5 heterocycles. The third-order valence-electron chi connectivity index (χ3n) is 13.6. The van der Waals surface area contributed by atoms with Crippen LogP contribution in [-0.4, -0.2) is 111 Å². The summed E-state index contributed by atoms with van der Waals surface area (Å²) in [6.07, 6.45) is 8.24. The number of nitro groups is 1. The van der Waals surface area contributed by atoms with Crippen LogP contribution in [0.3, 0.4) is 0 Å². The predicted octanol–water partition coefficient (Wildman–Crippen LogP) is 8.40. The highest BCUT2D eigenvalue weighted by Gasteiger charge is 2.34. The number of nitrogens with zero attached hydrogens (tertiary/aromatic N) is 5. The molecule has 2 saturated heterocycles. The summed E-state index contributed by atoms with van der Waals surface area (Å²) in [7, 11) is -4.67. The zero-order chi connectivity index (χ0) is 47.6. The first-order chi connectivity index (χ1) is 32.7. The number of morpholine rings is 1. The molecule has 2 aromatic heterocycles. The molecule has 0 unspecified atom stereocenters. The number of allylic oxidation sites excluding steroid dienone is 1. The number of nitrogens with one attached hydrogen (secondary N) is 2. The molecule has 4 aliphatic rings. The van der Waals surface area contributed by atoms with Crippen LogP contribution in [0.4, 0.5) is 11.4 Å². The third-order valence-corrected chi connectivity index (χ3v) is 15.1. The predicted molar refractivity (Wildman–Crippen MR) is 259 cm³/mol. The fraction of sp³-hybridized carbons (Fsp3) is 0.420.